The van der Waals surface area contributed by atoms with Crippen molar-refractivity contribution in [3.8, 4) is 33.4 Å². The highest BCUT2D eigenvalue weighted by atomic mass is 32.1. The van der Waals surface area contributed by atoms with Crippen LogP contribution < -0.4 is 24.3 Å². The highest BCUT2D eigenvalue weighted by Crippen LogP contribution is 2.40. The molecule has 0 saturated heterocycles. The first-order valence-corrected chi connectivity index (χ1v) is 11.0. The number of thiophene rings is 1. The monoisotopic (exact) mass is 449 g/mol. The molecule has 0 saturated carbocycles. The molecule has 1 N–H and O–H groups in total. The second kappa shape index (κ2) is 8.20. The number of aromatic nitrogens is 2. The Morgan fingerprint density at radius 1 is 0.969 bits per heavy atom. The minimum atomic E-state index is 0.0494. The van der Waals surface area contributed by atoms with Crippen LogP contribution in [0.4, 0.5) is 5.82 Å². The number of aryl methyl sites for hydroxylation is 1. The summed E-state index contributed by atoms with van der Waals surface area (Å²) < 4.78 is 21.8. The van der Waals surface area contributed by atoms with Crippen molar-refractivity contribution < 1.29 is 18.9 Å². The van der Waals surface area contributed by atoms with Crippen LogP contribution in [0.3, 0.4) is 0 Å². The molecule has 1 aliphatic rings. The molecule has 7 nitrogen and oxygen atoms in total. The van der Waals surface area contributed by atoms with Crippen molar-refractivity contribution in [1.29, 1.82) is 0 Å². The molecule has 0 fully saturated rings. The summed E-state index contributed by atoms with van der Waals surface area (Å²) in [5.41, 5.74) is 1.91. The van der Waals surface area contributed by atoms with E-state index in [1.165, 1.54) is 9.75 Å². The van der Waals surface area contributed by atoms with Gasteiger partial charge >= 0.3 is 0 Å². The molecule has 4 aromatic rings. The number of rotatable bonds is 6. The lowest BCUT2D eigenvalue weighted by molar-refractivity contribution is 0.174. The van der Waals surface area contributed by atoms with E-state index in [4.69, 9.17) is 18.9 Å². The van der Waals surface area contributed by atoms with Crippen molar-refractivity contribution in [2.45, 2.75) is 19.9 Å². The van der Waals surface area contributed by atoms with Crippen LogP contribution in [0, 0.1) is 6.92 Å². The number of hydrogen-bond acceptors (Lipinski definition) is 8. The van der Waals surface area contributed by atoms with E-state index in [0.717, 1.165) is 33.8 Å². The van der Waals surface area contributed by atoms with E-state index >= 15 is 0 Å². The van der Waals surface area contributed by atoms with Crippen molar-refractivity contribution in [3.05, 3.63) is 53.2 Å². The zero-order valence-electron chi connectivity index (χ0n) is 18.3. The first-order valence-electron chi connectivity index (χ1n) is 10.2. The largest absolute Gasteiger partial charge is 0.493 e. The van der Waals surface area contributed by atoms with Gasteiger partial charge in [0.25, 0.3) is 0 Å². The Hall–Kier alpha value is -3.52. The minimum absolute atomic E-state index is 0.0494. The van der Waals surface area contributed by atoms with Crippen LogP contribution in [0.15, 0.2) is 42.5 Å². The normalized spacial score (nSPS) is 13.2. The van der Waals surface area contributed by atoms with Gasteiger partial charge in [0.2, 0.25) is 6.79 Å². The molecule has 1 unspecified atom stereocenters. The molecule has 0 spiro atoms. The van der Waals surface area contributed by atoms with Crippen molar-refractivity contribution >= 4 is 28.1 Å². The van der Waals surface area contributed by atoms with Crippen molar-refractivity contribution in [2.75, 3.05) is 26.3 Å². The summed E-state index contributed by atoms with van der Waals surface area (Å²) in [7, 11) is 3.24. The molecule has 1 aliphatic heterocycles. The van der Waals surface area contributed by atoms with E-state index in [1.807, 2.05) is 31.2 Å². The fourth-order valence-corrected chi connectivity index (χ4v) is 4.76. The smallest absolute Gasteiger partial charge is 0.231 e. The summed E-state index contributed by atoms with van der Waals surface area (Å²) in [5, 5.41) is 4.44. The molecule has 2 aromatic carbocycles. The topological polar surface area (TPSA) is 74.7 Å². The number of nitrogens with zero attached hydrogens (tertiary/aromatic N) is 2. The van der Waals surface area contributed by atoms with Crippen LogP contribution in [0.2, 0.25) is 0 Å². The maximum Gasteiger partial charge on any atom is 0.231 e. The third-order valence-corrected chi connectivity index (χ3v) is 6.69. The second-order valence-electron chi connectivity index (χ2n) is 7.48. The molecule has 0 amide bonds. The molecule has 3 heterocycles. The Morgan fingerprint density at radius 2 is 1.75 bits per heavy atom. The van der Waals surface area contributed by atoms with E-state index in [-0.39, 0.29) is 12.8 Å². The van der Waals surface area contributed by atoms with Crippen molar-refractivity contribution in [2.24, 2.45) is 0 Å². The summed E-state index contributed by atoms with van der Waals surface area (Å²) in [6.07, 6.45) is 0. The predicted octanol–water partition coefficient (Wildman–Crippen LogP) is 5.59. The van der Waals surface area contributed by atoms with E-state index in [2.05, 4.69) is 40.4 Å². The number of nitrogens with one attached hydrogen (secondary N) is 1. The van der Waals surface area contributed by atoms with Gasteiger partial charge in [-0.3, -0.25) is 0 Å². The van der Waals surface area contributed by atoms with Gasteiger partial charge in [-0.2, -0.15) is 0 Å². The Kier molecular flexibility index (Phi) is 5.22. The fourth-order valence-electron chi connectivity index (χ4n) is 3.75. The maximum atomic E-state index is 5.52. The van der Waals surface area contributed by atoms with Gasteiger partial charge in [0.1, 0.15) is 11.6 Å². The molecule has 32 heavy (non-hydrogen) atoms. The van der Waals surface area contributed by atoms with Gasteiger partial charge in [-0.25, -0.2) is 9.97 Å². The molecule has 0 bridgehead atoms. The average molecular weight is 450 g/mol. The molecular formula is C24H23N3O4S. The minimum Gasteiger partial charge on any atom is -0.493 e. The molecule has 0 radical (unpaired) electrons. The molecular weight excluding hydrogens is 426 g/mol. The Labute approximate surface area is 189 Å². The van der Waals surface area contributed by atoms with Gasteiger partial charge in [-0.05, 0) is 55.8 Å². The highest BCUT2D eigenvalue weighted by molar-refractivity contribution is 7.15. The summed E-state index contributed by atoms with van der Waals surface area (Å²) in [4.78, 5) is 11.6. The van der Waals surface area contributed by atoms with Crippen molar-refractivity contribution in [1.82, 2.24) is 9.97 Å². The van der Waals surface area contributed by atoms with Crippen LogP contribution in [0.25, 0.3) is 21.3 Å². The summed E-state index contributed by atoms with van der Waals surface area (Å²) in [6, 6.07) is 14.1. The standard InChI is InChI=1S/C24H23N3O4S/c1-13(22-7-8-23(32-22)15-5-6-18-21(9-15)31-12-30-18)25-24-16-10-19(28-3)20(29-4)11-17(16)26-14(2)27-24/h5-11,13H,12H2,1-4H3,(H,25,26,27). The molecule has 1 atom stereocenters. The number of anilines is 1. The Morgan fingerprint density at radius 3 is 2.56 bits per heavy atom. The number of fused-ring (bicyclic) bond motifs is 2. The second-order valence-corrected chi connectivity index (χ2v) is 8.60. The third kappa shape index (κ3) is 3.67. The zero-order valence-corrected chi connectivity index (χ0v) is 19.1. The number of ether oxygens (including phenoxy) is 4. The molecule has 0 aliphatic carbocycles. The molecule has 164 valence electrons. The van der Waals surface area contributed by atoms with Gasteiger partial charge in [0, 0.05) is 21.2 Å². The van der Waals surface area contributed by atoms with Gasteiger partial charge in [-0.15, -0.1) is 11.3 Å². The van der Waals surface area contributed by atoms with Gasteiger partial charge < -0.3 is 24.3 Å². The van der Waals surface area contributed by atoms with Crippen LogP contribution in [0.5, 0.6) is 23.0 Å². The van der Waals surface area contributed by atoms with Crippen LogP contribution >= 0.6 is 11.3 Å². The van der Waals surface area contributed by atoms with E-state index < -0.39 is 0 Å². The Balaban J connectivity index is 1.44. The summed E-state index contributed by atoms with van der Waals surface area (Å²) >= 11 is 1.74. The zero-order chi connectivity index (χ0) is 22.2. The van der Waals surface area contributed by atoms with Crippen LogP contribution in [-0.2, 0) is 0 Å². The highest BCUT2D eigenvalue weighted by Gasteiger charge is 2.18. The maximum absolute atomic E-state index is 5.52. The molecule has 2 aromatic heterocycles. The van der Waals surface area contributed by atoms with Crippen molar-refractivity contribution in [3.63, 3.8) is 0 Å². The van der Waals surface area contributed by atoms with Gasteiger partial charge in [0.05, 0.1) is 25.8 Å². The van der Waals surface area contributed by atoms with Crippen LogP contribution in [0.1, 0.15) is 23.7 Å². The number of hydrogen-bond donors (Lipinski definition) is 1. The fraction of sp³-hybridized carbons (Fsp3) is 0.250. The SMILES string of the molecule is COc1cc2nc(C)nc(NC(C)c3ccc(-c4ccc5c(c4)OCO5)s3)c2cc1OC. The lowest BCUT2D eigenvalue weighted by atomic mass is 10.1. The van der Waals surface area contributed by atoms with Crippen LogP contribution in [-0.4, -0.2) is 31.0 Å². The molecule has 5 rings (SSSR count). The molecule has 8 heteroatoms. The lowest BCUT2D eigenvalue weighted by Gasteiger charge is -2.16. The van der Waals surface area contributed by atoms with E-state index in [0.29, 0.717) is 17.3 Å². The Bertz CT molecular complexity index is 1300. The average Bonchev–Trinajstić information content (AvgIpc) is 3.47. The van der Waals surface area contributed by atoms with E-state index in [9.17, 15) is 0 Å². The van der Waals surface area contributed by atoms with Gasteiger partial charge in [0.15, 0.2) is 23.0 Å². The van der Waals surface area contributed by atoms with Gasteiger partial charge in [-0.1, -0.05) is 0 Å². The summed E-state index contributed by atoms with van der Waals surface area (Å²) in [6.45, 7) is 4.28. The third-order valence-electron chi connectivity index (χ3n) is 5.38. The number of benzene rings is 2. The summed E-state index contributed by atoms with van der Waals surface area (Å²) in [5.74, 6) is 4.31. The number of methoxy groups -OCH3 is 2. The predicted molar refractivity (Wildman–Crippen MR) is 125 cm³/mol. The first-order chi connectivity index (χ1) is 15.6. The van der Waals surface area contributed by atoms with E-state index in [1.54, 1.807) is 25.6 Å². The quantitative estimate of drug-likeness (QED) is 0.411. The lowest BCUT2D eigenvalue weighted by Crippen LogP contribution is -2.08. The first kappa shape index (κ1) is 20.4.